The van der Waals surface area contributed by atoms with Crippen molar-refractivity contribution in [3.63, 3.8) is 0 Å². The normalized spacial score (nSPS) is 42.7. The zero-order valence-corrected chi connectivity index (χ0v) is 25.7. The average Bonchev–Trinajstić information content (AvgIpc) is 3.53. The first-order valence-electron chi connectivity index (χ1n) is 16.6. The summed E-state index contributed by atoms with van der Waals surface area (Å²) in [6.07, 6.45) is 18.9. The molecular weight excluding hydrogens is 482 g/mol. The largest absolute Gasteiger partial charge is 0.388 e. The maximum absolute atomic E-state index is 12.7. The summed E-state index contributed by atoms with van der Waals surface area (Å²) in [6.45, 7) is 13.2. The van der Waals surface area contributed by atoms with E-state index in [1.807, 2.05) is 6.20 Å². The first-order chi connectivity index (χ1) is 18.6. The molecule has 0 saturated heterocycles. The summed E-state index contributed by atoms with van der Waals surface area (Å²) in [5.74, 6) is 4.92. The summed E-state index contributed by atoms with van der Waals surface area (Å²) >= 11 is 0. The molecule has 0 aliphatic heterocycles. The standard InChI is InChI=1S/C34H58N3O2/c1-23(2)7-6-8-24(3)28-9-10-29-27-19-31(36-17-13-26-21-35-22-37-26)34(39)20-25(14-18-38)11-16-33(34,5)30(27)12-15-32(28,29)4/h21-25,27-31,36,39H,6-20H2,1-5H3,(H,35,37)/t24-,25-,27+,28-,29+,30+,31-,32-,33-,34+/m1/s1. The number of aliphatic hydroxyl groups is 1. The number of hydrogen-bond acceptors (Lipinski definition) is 3. The number of nitrogens with one attached hydrogen (secondary N) is 2. The van der Waals surface area contributed by atoms with Gasteiger partial charge in [0.05, 0.1) is 24.2 Å². The maximum atomic E-state index is 12.7. The minimum atomic E-state index is -0.728. The van der Waals surface area contributed by atoms with Gasteiger partial charge in [-0.1, -0.05) is 53.9 Å². The summed E-state index contributed by atoms with van der Waals surface area (Å²) in [5.41, 5.74) is 0.730. The predicted molar refractivity (Wildman–Crippen MR) is 158 cm³/mol. The number of imidazole rings is 1. The third-order valence-electron chi connectivity index (χ3n) is 13.1. The monoisotopic (exact) mass is 540 g/mol. The van der Waals surface area contributed by atoms with Crippen molar-refractivity contribution in [3.8, 4) is 0 Å². The minimum Gasteiger partial charge on any atom is -0.388 e. The van der Waals surface area contributed by atoms with Crippen molar-refractivity contribution >= 4 is 0 Å². The van der Waals surface area contributed by atoms with Crippen LogP contribution in [0.4, 0.5) is 0 Å². The van der Waals surface area contributed by atoms with Gasteiger partial charge in [0.2, 0.25) is 0 Å². The molecule has 4 fully saturated rings. The average molecular weight is 541 g/mol. The van der Waals surface area contributed by atoms with Crippen molar-refractivity contribution in [2.45, 2.75) is 130 Å². The molecule has 221 valence electrons. The highest BCUT2D eigenvalue weighted by molar-refractivity contribution is 5.18. The quantitative estimate of drug-likeness (QED) is 0.278. The van der Waals surface area contributed by atoms with Gasteiger partial charge in [0, 0.05) is 30.6 Å². The number of aromatic nitrogens is 2. The molecule has 3 N–H and O–H groups in total. The third kappa shape index (κ3) is 5.39. The summed E-state index contributed by atoms with van der Waals surface area (Å²) in [5, 5.41) is 28.2. The Labute approximate surface area is 238 Å². The van der Waals surface area contributed by atoms with Crippen molar-refractivity contribution in [3.05, 3.63) is 18.2 Å². The first-order valence-corrected chi connectivity index (χ1v) is 16.6. The summed E-state index contributed by atoms with van der Waals surface area (Å²) < 4.78 is 0. The van der Waals surface area contributed by atoms with E-state index in [9.17, 15) is 10.2 Å². The molecule has 5 heteroatoms. The van der Waals surface area contributed by atoms with Crippen molar-refractivity contribution < 1.29 is 10.2 Å². The molecule has 1 aromatic heterocycles. The van der Waals surface area contributed by atoms with Gasteiger partial charge in [-0.25, -0.2) is 10.1 Å². The maximum Gasteiger partial charge on any atom is 0.0923 e. The van der Waals surface area contributed by atoms with Crippen LogP contribution in [0, 0.1) is 52.3 Å². The molecule has 5 nitrogen and oxygen atoms in total. The van der Waals surface area contributed by atoms with E-state index in [0.29, 0.717) is 29.6 Å². The lowest BCUT2D eigenvalue weighted by molar-refractivity contribution is -0.228. The molecule has 5 rings (SSSR count). The molecule has 1 radical (unpaired) electrons. The smallest absolute Gasteiger partial charge is 0.0923 e. The summed E-state index contributed by atoms with van der Waals surface area (Å²) in [6, 6.07) is 0.0991. The van der Waals surface area contributed by atoms with Crippen molar-refractivity contribution in [2.75, 3.05) is 13.2 Å². The van der Waals surface area contributed by atoms with Crippen molar-refractivity contribution in [2.24, 2.45) is 52.3 Å². The van der Waals surface area contributed by atoms with E-state index in [1.54, 1.807) is 6.33 Å². The van der Waals surface area contributed by atoms with Crippen molar-refractivity contribution in [1.29, 1.82) is 0 Å². The second-order valence-electron chi connectivity index (χ2n) is 15.4. The number of fused-ring (bicyclic) bond motifs is 5. The molecule has 4 saturated carbocycles. The van der Waals surface area contributed by atoms with Crippen LogP contribution in [0.5, 0.6) is 0 Å². The van der Waals surface area contributed by atoms with E-state index in [-0.39, 0.29) is 18.1 Å². The van der Waals surface area contributed by atoms with Gasteiger partial charge in [0.1, 0.15) is 0 Å². The van der Waals surface area contributed by atoms with Gasteiger partial charge < -0.3 is 15.4 Å². The minimum absolute atomic E-state index is 0.0159. The van der Waals surface area contributed by atoms with Gasteiger partial charge in [-0.3, -0.25) is 0 Å². The molecule has 39 heavy (non-hydrogen) atoms. The number of aromatic amines is 1. The number of rotatable bonds is 11. The topological polar surface area (TPSA) is 80.8 Å². The lowest BCUT2D eigenvalue weighted by atomic mass is 9.41. The van der Waals surface area contributed by atoms with Crippen LogP contribution in [-0.2, 0) is 11.5 Å². The summed E-state index contributed by atoms with van der Waals surface area (Å²) in [4.78, 5) is 7.51. The Morgan fingerprint density at radius 2 is 1.92 bits per heavy atom. The summed E-state index contributed by atoms with van der Waals surface area (Å²) in [7, 11) is 0. The van der Waals surface area contributed by atoms with Crippen LogP contribution < -0.4 is 5.32 Å². The fraction of sp³-hybridized carbons (Fsp3) is 0.912. The van der Waals surface area contributed by atoms with Crippen LogP contribution >= 0.6 is 0 Å². The van der Waals surface area contributed by atoms with Gasteiger partial charge in [0.15, 0.2) is 0 Å². The molecule has 0 bridgehead atoms. The molecular formula is C34H58N3O2. The van der Waals surface area contributed by atoms with Gasteiger partial charge in [-0.05, 0) is 105 Å². The molecule has 1 heterocycles. The number of nitrogens with zero attached hydrogens (tertiary/aromatic N) is 1. The molecule has 0 spiro atoms. The molecule has 1 aromatic rings. The van der Waals surface area contributed by atoms with Gasteiger partial charge >= 0.3 is 0 Å². The molecule has 0 aromatic carbocycles. The Kier molecular flexibility index (Phi) is 8.92. The van der Waals surface area contributed by atoms with E-state index in [2.05, 4.69) is 49.9 Å². The SMILES string of the molecule is CC(C)CCC[C@@H](C)[C@H]1CC[C@H]2[C@@H]3C[C@@H](NCCc4c[nH]cn4)[C@@]4(O)C[C@@H](CC[O])CC[C@]4(C)[C@H]3CC[C@]12C. The third-order valence-corrected chi connectivity index (χ3v) is 13.1. The second-order valence-corrected chi connectivity index (χ2v) is 15.4. The van der Waals surface area contributed by atoms with Crippen molar-refractivity contribution in [1.82, 2.24) is 15.3 Å². The highest BCUT2D eigenvalue weighted by Gasteiger charge is 2.67. The van der Waals surface area contributed by atoms with Crippen LogP contribution in [0.25, 0.3) is 0 Å². The van der Waals surface area contributed by atoms with Gasteiger partial charge in [0.25, 0.3) is 0 Å². The Balaban J connectivity index is 1.37. The number of H-pyrrole nitrogens is 1. The van der Waals surface area contributed by atoms with E-state index in [0.717, 1.165) is 68.0 Å². The molecule has 4 aliphatic rings. The Morgan fingerprint density at radius 1 is 1.10 bits per heavy atom. The van der Waals surface area contributed by atoms with Crippen LogP contribution in [0.3, 0.4) is 0 Å². The second kappa shape index (κ2) is 11.8. The fourth-order valence-electron chi connectivity index (χ4n) is 10.9. The van der Waals surface area contributed by atoms with E-state index in [4.69, 9.17) is 0 Å². The van der Waals surface area contributed by atoms with Crippen LogP contribution in [0.15, 0.2) is 12.5 Å². The zero-order valence-electron chi connectivity index (χ0n) is 25.7. The lowest BCUT2D eigenvalue weighted by Gasteiger charge is -2.67. The molecule has 4 aliphatic carbocycles. The lowest BCUT2D eigenvalue weighted by Crippen LogP contribution is -2.71. The van der Waals surface area contributed by atoms with Gasteiger partial charge in [-0.15, -0.1) is 0 Å². The van der Waals surface area contributed by atoms with Crippen LogP contribution in [-0.4, -0.2) is 39.9 Å². The molecule has 0 unspecified atom stereocenters. The molecule has 0 amide bonds. The van der Waals surface area contributed by atoms with E-state index >= 15 is 0 Å². The Morgan fingerprint density at radius 3 is 2.64 bits per heavy atom. The Bertz CT molecular complexity index is 920. The highest BCUT2D eigenvalue weighted by atomic mass is 16.3. The zero-order chi connectivity index (χ0) is 27.8. The molecule has 10 atom stereocenters. The Hall–Kier alpha value is -0.910. The highest BCUT2D eigenvalue weighted by Crippen LogP contribution is 2.69. The van der Waals surface area contributed by atoms with Crippen LogP contribution in [0.2, 0.25) is 0 Å². The van der Waals surface area contributed by atoms with Gasteiger partial charge in [-0.2, -0.15) is 0 Å². The number of hydrogen-bond donors (Lipinski definition) is 3. The fourth-order valence-corrected chi connectivity index (χ4v) is 10.9. The van der Waals surface area contributed by atoms with E-state index < -0.39 is 5.60 Å². The van der Waals surface area contributed by atoms with E-state index in [1.165, 1.54) is 44.9 Å². The first kappa shape index (κ1) is 29.6. The van der Waals surface area contributed by atoms with Crippen LogP contribution in [0.1, 0.15) is 117 Å². The predicted octanol–water partition coefficient (Wildman–Crippen LogP) is 7.19.